The summed E-state index contributed by atoms with van der Waals surface area (Å²) in [6, 6.07) is 12.9. The van der Waals surface area contributed by atoms with Gasteiger partial charge in [0.15, 0.2) is 5.75 Å². The van der Waals surface area contributed by atoms with Crippen molar-refractivity contribution in [3.8, 4) is 5.75 Å². The van der Waals surface area contributed by atoms with E-state index in [0.717, 1.165) is 16.2 Å². The highest BCUT2D eigenvalue weighted by Crippen LogP contribution is 2.39. The van der Waals surface area contributed by atoms with Crippen LogP contribution in [0.5, 0.6) is 5.75 Å². The molecule has 0 saturated heterocycles. The second-order valence-corrected chi connectivity index (χ2v) is 6.31. The van der Waals surface area contributed by atoms with Crippen molar-refractivity contribution in [2.45, 2.75) is 29.6 Å². The number of hydrogen-bond acceptors (Lipinski definition) is 3. The molecule has 0 saturated carbocycles. The fraction of sp³-hybridized carbons (Fsp3) is 0.188. The molecule has 0 bridgehead atoms. The zero-order valence-corrected chi connectivity index (χ0v) is 13.8. The highest BCUT2D eigenvalue weighted by molar-refractivity contribution is 7.99. The van der Waals surface area contributed by atoms with Crippen LogP contribution in [-0.4, -0.2) is 5.97 Å². The summed E-state index contributed by atoms with van der Waals surface area (Å²) in [5.41, 5.74) is 0. The zero-order chi connectivity index (χ0) is 15.2. The van der Waals surface area contributed by atoms with Crippen molar-refractivity contribution in [3.63, 3.8) is 0 Å². The lowest BCUT2D eigenvalue weighted by Gasteiger charge is -2.11. The van der Waals surface area contributed by atoms with Crippen molar-refractivity contribution >= 4 is 40.9 Å². The number of para-hydroxylation sites is 1. The number of esters is 1. The number of hydrogen-bond donors (Lipinski definition) is 0. The summed E-state index contributed by atoms with van der Waals surface area (Å²) in [7, 11) is 0. The van der Waals surface area contributed by atoms with Crippen molar-refractivity contribution < 1.29 is 9.53 Å². The predicted octanol–water partition coefficient (Wildman–Crippen LogP) is 5.85. The van der Waals surface area contributed by atoms with Gasteiger partial charge in [-0.1, -0.05) is 48.0 Å². The Kier molecular flexibility index (Phi) is 5.97. The molecular formula is C16H14Cl2O2S. The quantitative estimate of drug-likeness (QED) is 0.504. The molecule has 0 unspecified atom stereocenters. The molecule has 21 heavy (non-hydrogen) atoms. The summed E-state index contributed by atoms with van der Waals surface area (Å²) in [4.78, 5) is 13.5. The van der Waals surface area contributed by atoms with Gasteiger partial charge < -0.3 is 4.74 Å². The molecule has 110 valence electrons. The SMILES string of the molecule is CCCC(=O)Oc1c(Cl)cccc1Sc1ccc(Cl)cc1. The van der Waals surface area contributed by atoms with Gasteiger partial charge in [-0.05, 0) is 42.8 Å². The first-order valence-corrected chi connectivity index (χ1v) is 8.10. The van der Waals surface area contributed by atoms with Crippen LogP contribution in [0.1, 0.15) is 19.8 Å². The van der Waals surface area contributed by atoms with Gasteiger partial charge in [0.05, 0.1) is 9.92 Å². The van der Waals surface area contributed by atoms with E-state index in [1.807, 2.05) is 43.3 Å². The molecule has 0 spiro atoms. The van der Waals surface area contributed by atoms with Gasteiger partial charge in [-0.2, -0.15) is 0 Å². The van der Waals surface area contributed by atoms with E-state index < -0.39 is 0 Å². The number of ether oxygens (including phenoxy) is 1. The Labute approximate surface area is 138 Å². The van der Waals surface area contributed by atoms with E-state index in [4.69, 9.17) is 27.9 Å². The molecule has 0 heterocycles. The van der Waals surface area contributed by atoms with Crippen LogP contribution < -0.4 is 4.74 Å². The number of carbonyl (C=O) groups is 1. The summed E-state index contributed by atoms with van der Waals surface area (Å²) in [6.45, 7) is 1.93. The molecule has 0 aliphatic carbocycles. The monoisotopic (exact) mass is 340 g/mol. The lowest BCUT2D eigenvalue weighted by molar-refractivity contribution is -0.134. The van der Waals surface area contributed by atoms with Gasteiger partial charge in [0.2, 0.25) is 0 Å². The molecule has 5 heteroatoms. The molecule has 0 aromatic heterocycles. The molecule has 0 radical (unpaired) electrons. The number of carbonyl (C=O) groups excluding carboxylic acids is 1. The van der Waals surface area contributed by atoms with E-state index in [9.17, 15) is 4.79 Å². The van der Waals surface area contributed by atoms with Gasteiger partial charge in [-0.15, -0.1) is 0 Å². The fourth-order valence-corrected chi connectivity index (χ4v) is 2.98. The van der Waals surface area contributed by atoms with Crippen molar-refractivity contribution in [2.24, 2.45) is 0 Å². The summed E-state index contributed by atoms with van der Waals surface area (Å²) in [6.07, 6.45) is 1.11. The Balaban J connectivity index is 2.24. The maximum atomic E-state index is 11.7. The molecule has 2 rings (SSSR count). The molecule has 0 aliphatic heterocycles. The molecule has 0 aliphatic rings. The minimum atomic E-state index is -0.274. The first-order valence-electron chi connectivity index (χ1n) is 6.52. The van der Waals surface area contributed by atoms with E-state index in [1.54, 1.807) is 6.07 Å². The summed E-state index contributed by atoms with van der Waals surface area (Å²) in [5, 5.41) is 1.11. The predicted molar refractivity (Wildman–Crippen MR) is 87.6 cm³/mol. The first kappa shape index (κ1) is 16.2. The molecule has 2 aromatic rings. The number of rotatable bonds is 5. The Bertz CT molecular complexity index is 627. The fourth-order valence-electron chi connectivity index (χ4n) is 1.67. The van der Waals surface area contributed by atoms with Crippen LogP contribution in [0, 0.1) is 0 Å². The zero-order valence-electron chi connectivity index (χ0n) is 11.4. The van der Waals surface area contributed by atoms with E-state index >= 15 is 0 Å². The molecular weight excluding hydrogens is 327 g/mol. The Morgan fingerprint density at radius 1 is 1.14 bits per heavy atom. The van der Waals surface area contributed by atoms with Gasteiger partial charge in [-0.3, -0.25) is 4.79 Å². The van der Waals surface area contributed by atoms with Gasteiger partial charge in [0.1, 0.15) is 0 Å². The van der Waals surface area contributed by atoms with Gasteiger partial charge in [0.25, 0.3) is 0 Å². The normalized spacial score (nSPS) is 10.4. The highest BCUT2D eigenvalue weighted by atomic mass is 35.5. The molecule has 2 aromatic carbocycles. The van der Waals surface area contributed by atoms with Gasteiger partial charge in [-0.25, -0.2) is 0 Å². The third kappa shape index (κ3) is 4.67. The lowest BCUT2D eigenvalue weighted by Crippen LogP contribution is -2.08. The number of benzene rings is 2. The third-order valence-electron chi connectivity index (χ3n) is 2.64. The van der Waals surface area contributed by atoms with E-state index in [-0.39, 0.29) is 5.97 Å². The lowest BCUT2D eigenvalue weighted by atomic mass is 10.3. The third-order valence-corrected chi connectivity index (χ3v) is 4.24. The Morgan fingerprint density at radius 2 is 1.86 bits per heavy atom. The van der Waals surface area contributed by atoms with Crippen LogP contribution in [0.4, 0.5) is 0 Å². The minimum absolute atomic E-state index is 0.274. The van der Waals surface area contributed by atoms with Crippen LogP contribution >= 0.6 is 35.0 Å². The second-order valence-electron chi connectivity index (χ2n) is 4.35. The van der Waals surface area contributed by atoms with Crippen LogP contribution in [0.15, 0.2) is 52.3 Å². The van der Waals surface area contributed by atoms with Crippen LogP contribution in [0.2, 0.25) is 10.0 Å². The summed E-state index contributed by atoms with van der Waals surface area (Å²) >= 11 is 13.5. The van der Waals surface area contributed by atoms with E-state index in [2.05, 4.69) is 0 Å². The highest BCUT2D eigenvalue weighted by Gasteiger charge is 2.13. The van der Waals surface area contributed by atoms with Crippen molar-refractivity contribution in [2.75, 3.05) is 0 Å². The summed E-state index contributed by atoms with van der Waals surface area (Å²) < 4.78 is 5.39. The van der Waals surface area contributed by atoms with Crippen LogP contribution in [-0.2, 0) is 4.79 Å². The maximum absolute atomic E-state index is 11.7. The molecule has 0 fully saturated rings. The Hall–Kier alpha value is -1.16. The smallest absolute Gasteiger partial charge is 0.311 e. The standard InChI is InChI=1S/C16H14Cl2O2S/c1-2-4-15(19)20-16-13(18)5-3-6-14(16)21-12-9-7-11(17)8-10-12/h3,5-10H,2,4H2,1H3. The van der Waals surface area contributed by atoms with Crippen LogP contribution in [0.25, 0.3) is 0 Å². The number of halogens is 2. The molecule has 2 nitrogen and oxygen atoms in total. The van der Waals surface area contributed by atoms with Crippen LogP contribution in [0.3, 0.4) is 0 Å². The van der Waals surface area contributed by atoms with E-state index in [1.165, 1.54) is 11.8 Å². The summed E-state index contributed by atoms with van der Waals surface area (Å²) in [5.74, 6) is 0.140. The topological polar surface area (TPSA) is 26.3 Å². The average Bonchev–Trinajstić information content (AvgIpc) is 2.45. The largest absolute Gasteiger partial charge is 0.424 e. The van der Waals surface area contributed by atoms with Gasteiger partial charge in [0, 0.05) is 16.3 Å². The minimum Gasteiger partial charge on any atom is -0.424 e. The first-order chi connectivity index (χ1) is 10.1. The van der Waals surface area contributed by atoms with Crippen molar-refractivity contribution in [3.05, 3.63) is 52.5 Å². The second kappa shape index (κ2) is 7.74. The Morgan fingerprint density at radius 3 is 2.52 bits per heavy atom. The van der Waals surface area contributed by atoms with E-state index in [0.29, 0.717) is 22.2 Å². The average molecular weight is 341 g/mol. The van der Waals surface area contributed by atoms with Crippen molar-refractivity contribution in [1.29, 1.82) is 0 Å². The molecule has 0 N–H and O–H groups in total. The van der Waals surface area contributed by atoms with Gasteiger partial charge >= 0.3 is 5.97 Å². The van der Waals surface area contributed by atoms with Crippen molar-refractivity contribution in [1.82, 2.24) is 0 Å². The molecule has 0 atom stereocenters. The molecule has 0 amide bonds. The maximum Gasteiger partial charge on any atom is 0.311 e.